The number of hydrogen-bond donors (Lipinski definition) is 5. The number of carbonyl (C=O) groups excluding carboxylic acids is 4. The highest BCUT2D eigenvalue weighted by Crippen LogP contribution is 2.29. The molecule has 1 atom stereocenters. The summed E-state index contributed by atoms with van der Waals surface area (Å²) in [6, 6.07) is 14.2. The molecule has 0 fully saturated rings. The van der Waals surface area contributed by atoms with Gasteiger partial charge in [0.15, 0.2) is 5.71 Å². The summed E-state index contributed by atoms with van der Waals surface area (Å²) in [6.45, 7) is 7.01. The van der Waals surface area contributed by atoms with E-state index in [1.54, 1.807) is 4.90 Å². The molecule has 0 saturated heterocycles. The van der Waals surface area contributed by atoms with Gasteiger partial charge in [-0.15, -0.1) is 0 Å². The molecule has 1 aliphatic rings. The van der Waals surface area contributed by atoms with Crippen molar-refractivity contribution in [2.45, 2.75) is 45.7 Å². The smallest absolute Gasteiger partial charge is 0.242 e. The number of carbonyl (C=O) groups is 4. The van der Waals surface area contributed by atoms with Crippen LogP contribution in [0.1, 0.15) is 49.8 Å². The molecule has 3 rings (SSSR count). The van der Waals surface area contributed by atoms with Gasteiger partial charge in [-0.2, -0.15) is 5.10 Å². The van der Waals surface area contributed by atoms with Crippen molar-refractivity contribution in [1.82, 2.24) is 16.0 Å². The minimum Gasteiger partial charge on any atom is -0.379 e. The zero-order valence-corrected chi connectivity index (χ0v) is 29.8. The molecule has 1 aliphatic heterocycles. The monoisotopic (exact) mass is 710 g/mol. The predicted octanol–water partition coefficient (Wildman–Crippen LogP) is -0.316. The number of amides is 4. The third-order valence-corrected chi connectivity index (χ3v) is 8.01. The summed E-state index contributed by atoms with van der Waals surface area (Å²) < 4.78 is 21.9. The van der Waals surface area contributed by atoms with E-state index in [4.69, 9.17) is 30.2 Å². The van der Waals surface area contributed by atoms with Gasteiger partial charge >= 0.3 is 0 Å². The van der Waals surface area contributed by atoms with Crippen LogP contribution in [-0.4, -0.2) is 108 Å². The Morgan fingerprint density at radius 3 is 2.02 bits per heavy atom. The molecule has 0 saturated carbocycles. The Morgan fingerprint density at radius 2 is 1.39 bits per heavy atom. The number of ether oxygens (including phenoxy) is 4. The summed E-state index contributed by atoms with van der Waals surface area (Å²) in [6.07, 6.45) is 0.182. The first-order chi connectivity index (χ1) is 24.7. The van der Waals surface area contributed by atoms with Crippen molar-refractivity contribution >= 4 is 40.7 Å². The molecule has 7 N–H and O–H groups in total. The predicted molar refractivity (Wildman–Crippen MR) is 192 cm³/mol. The van der Waals surface area contributed by atoms with Crippen LogP contribution in [-0.2, 0) is 44.7 Å². The third kappa shape index (κ3) is 13.2. The number of rotatable bonds is 21. The van der Waals surface area contributed by atoms with Crippen LogP contribution in [0, 0.1) is 5.92 Å². The summed E-state index contributed by atoms with van der Waals surface area (Å²) in [7, 11) is 1.54. The summed E-state index contributed by atoms with van der Waals surface area (Å²) in [5.41, 5.74) is 3.69. The first-order valence-corrected chi connectivity index (χ1v) is 17.1. The van der Waals surface area contributed by atoms with Crippen LogP contribution < -0.4 is 32.1 Å². The molecule has 1 heterocycles. The van der Waals surface area contributed by atoms with E-state index in [9.17, 15) is 19.2 Å². The molecular formula is C36H52N7O8+. The largest absolute Gasteiger partial charge is 0.379 e. The van der Waals surface area contributed by atoms with Crippen LogP contribution >= 0.6 is 0 Å². The van der Waals surface area contributed by atoms with Gasteiger partial charge in [-0.25, -0.2) is 0 Å². The van der Waals surface area contributed by atoms with E-state index in [0.717, 1.165) is 11.1 Å². The van der Waals surface area contributed by atoms with Crippen molar-refractivity contribution in [1.29, 1.82) is 0 Å². The standard InChI is InChI=1S/C36H51N7O8/c1-25(2)34(36(47)39-3)41-31(45)14-16-48-18-20-50-22-23-51-21-19-49-17-15-40-30(44)12-13-32(46)43-24-26-8-4-5-9-27(26)33(37)35(42-38)28-10-6-7-11-29(28)43/h4-11,25,34,37H,12-24,38H2,1-3H3,(H,39,47)(H,40,44)(H,41,45)/p+1/b37-33?,42-35-/t34-/m0/s1. The molecule has 15 heteroatoms. The van der Waals surface area contributed by atoms with Gasteiger partial charge in [-0.3, -0.25) is 24.6 Å². The number of nitrogens with one attached hydrogen (secondary N) is 3. The molecule has 2 aromatic rings. The number of nitrogens with two attached hydrogens (primary N) is 2. The fourth-order valence-corrected chi connectivity index (χ4v) is 5.29. The van der Waals surface area contributed by atoms with E-state index in [1.807, 2.05) is 62.4 Å². The molecular weight excluding hydrogens is 658 g/mol. The number of hydrogen-bond acceptors (Lipinski definition) is 10. The maximum Gasteiger partial charge on any atom is 0.242 e. The van der Waals surface area contributed by atoms with Crippen molar-refractivity contribution in [3.63, 3.8) is 0 Å². The first-order valence-electron chi connectivity index (χ1n) is 17.1. The lowest BCUT2D eigenvalue weighted by atomic mass is 9.92. The molecule has 51 heavy (non-hydrogen) atoms. The average Bonchev–Trinajstić information content (AvgIpc) is 3.13. The van der Waals surface area contributed by atoms with Crippen LogP contribution in [0.25, 0.3) is 0 Å². The average molecular weight is 711 g/mol. The number of likely N-dealkylation sites (N-methyl/N-ethyl adjacent to an activating group) is 1. The summed E-state index contributed by atoms with van der Waals surface area (Å²) in [5.74, 6) is 4.79. The van der Waals surface area contributed by atoms with Crippen LogP contribution in [0.5, 0.6) is 0 Å². The number of anilines is 1. The highest BCUT2D eigenvalue weighted by Gasteiger charge is 2.30. The van der Waals surface area contributed by atoms with Gasteiger partial charge in [0.1, 0.15) is 6.04 Å². The Morgan fingerprint density at radius 1 is 0.804 bits per heavy atom. The Kier molecular flexibility index (Phi) is 17.7. The Bertz CT molecular complexity index is 1500. The van der Waals surface area contributed by atoms with Gasteiger partial charge in [-0.1, -0.05) is 50.2 Å². The van der Waals surface area contributed by atoms with Crippen molar-refractivity contribution in [2.24, 2.45) is 16.9 Å². The number of fused-ring (bicyclic) bond motifs is 2. The van der Waals surface area contributed by atoms with E-state index in [2.05, 4.69) is 21.1 Å². The molecule has 0 radical (unpaired) electrons. The minimum absolute atomic E-state index is 0.00982. The van der Waals surface area contributed by atoms with Gasteiger partial charge in [0.2, 0.25) is 29.3 Å². The molecule has 2 aromatic carbocycles. The van der Waals surface area contributed by atoms with Gasteiger partial charge in [-0.05, 0) is 23.6 Å². The molecule has 0 bridgehead atoms. The van der Waals surface area contributed by atoms with Crippen molar-refractivity contribution in [3.05, 3.63) is 65.2 Å². The SMILES string of the molecule is CNC(=O)[C@@H](NC(=O)CCOCCOCCOCCOCCNC(=O)CCC(=O)N1Cc2ccccc2C(=[NH2+])/C(=N\N)c2ccccc21)C(C)C. The Balaban J connectivity index is 1.23. The second-order valence-corrected chi connectivity index (χ2v) is 12.0. The highest BCUT2D eigenvalue weighted by molar-refractivity contribution is 6.52. The lowest BCUT2D eigenvalue weighted by molar-refractivity contribution is -0.130. The fourth-order valence-electron chi connectivity index (χ4n) is 5.29. The zero-order chi connectivity index (χ0) is 37.0. The van der Waals surface area contributed by atoms with Crippen LogP contribution in [0.3, 0.4) is 0 Å². The minimum atomic E-state index is -0.575. The molecule has 15 nitrogen and oxygen atoms in total. The topological polar surface area (TPSA) is 209 Å². The molecule has 0 aromatic heterocycles. The third-order valence-electron chi connectivity index (χ3n) is 8.01. The zero-order valence-electron chi connectivity index (χ0n) is 29.8. The molecule has 0 aliphatic carbocycles. The van der Waals surface area contributed by atoms with Crippen LogP contribution in [0.2, 0.25) is 0 Å². The van der Waals surface area contributed by atoms with Crippen molar-refractivity contribution in [3.8, 4) is 0 Å². The summed E-state index contributed by atoms with van der Waals surface area (Å²) in [5, 5.41) is 18.5. The molecule has 0 spiro atoms. The van der Waals surface area contributed by atoms with Gasteiger partial charge < -0.3 is 45.6 Å². The number of hydrazone groups is 1. The molecule has 278 valence electrons. The van der Waals surface area contributed by atoms with E-state index in [1.165, 1.54) is 7.05 Å². The van der Waals surface area contributed by atoms with Crippen molar-refractivity contribution < 1.29 is 43.5 Å². The first kappa shape index (κ1) is 40.7. The summed E-state index contributed by atoms with van der Waals surface area (Å²) in [4.78, 5) is 51.5. The Hall–Kier alpha value is -4.70. The lowest BCUT2D eigenvalue weighted by Gasteiger charge is -2.28. The van der Waals surface area contributed by atoms with Gasteiger partial charge in [0.05, 0.1) is 70.7 Å². The molecule has 0 unspecified atom stereocenters. The fraction of sp³-hybridized carbons (Fsp3) is 0.500. The normalized spacial score (nSPS) is 13.9. The van der Waals surface area contributed by atoms with E-state index >= 15 is 0 Å². The highest BCUT2D eigenvalue weighted by atomic mass is 16.6. The maximum atomic E-state index is 13.5. The van der Waals surface area contributed by atoms with Gasteiger partial charge in [0, 0.05) is 38.4 Å². The van der Waals surface area contributed by atoms with Crippen molar-refractivity contribution in [2.75, 3.05) is 71.3 Å². The second kappa shape index (κ2) is 22.2. The number of nitrogens with zero attached hydrogens (tertiary/aromatic N) is 2. The van der Waals surface area contributed by atoms with E-state index < -0.39 is 6.04 Å². The lowest BCUT2D eigenvalue weighted by Crippen LogP contribution is -2.48. The van der Waals surface area contributed by atoms with E-state index in [0.29, 0.717) is 75.5 Å². The Labute approximate surface area is 299 Å². The number of para-hydroxylation sites is 1. The number of benzene rings is 2. The van der Waals surface area contributed by atoms with Gasteiger partial charge in [0.25, 0.3) is 0 Å². The quantitative estimate of drug-likeness (QED) is 0.0653. The van der Waals surface area contributed by atoms with Crippen LogP contribution in [0.4, 0.5) is 5.69 Å². The van der Waals surface area contributed by atoms with Crippen LogP contribution in [0.15, 0.2) is 53.6 Å². The van der Waals surface area contributed by atoms with E-state index in [-0.39, 0.29) is 62.0 Å². The second-order valence-electron chi connectivity index (χ2n) is 12.0. The maximum absolute atomic E-state index is 13.5. The summed E-state index contributed by atoms with van der Waals surface area (Å²) >= 11 is 0. The molecule has 4 amide bonds.